The monoisotopic (exact) mass is 286 g/mol. The lowest BCUT2D eigenvalue weighted by atomic mass is 9.86. The predicted octanol–water partition coefficient (Wildman–Crippen LogP) is 1.73. The molecule has 1 aromatic heterocycles. The molecule has 5 nitrogen and oxygen atoms in total. The summed E-state index contributed by atoms with van der Waals surface area (Å²) >= 11 is 0. The molecule has 5 rings (SSSR count). The summed E-state index contributed by atoms with van der Waals surface area (Å²) in [6, 6.07) is 4.19. The van der Waals surface area contributed by atoms with Crippen molar-refractivity contribution >= 4 is 6.03 Å². The molecule has 4 aliphatic rings. The van der Waals surface area contributed by atoms with Crippen LogP contribution in [0.2, 0.25) is 0 Å². The molecule has 0 spiro atoms. The lowest BCUT2D eigenvalue weighted by Crippen LogP contribution is -2.41. The Balaban J connectivity index is 1.20. The van der Waals surface area contributed by atoms with E-state index >= 15 is 0 Å². The van der Waals surface area contributed by atoms with E-state index in [1.165, 1.54) is 0 Å². The number of carbonyl (C=O) groups is 1. The number of carbonyl (C=O) groups excluding carboxylic acids is 1. The second-order valence-corrected chi connectivity index (χ2v) is 6.60. The van der Waals surface area contributed by atoms with Gasteiger partial charge in [-0.2, -0.15) is 0 Å². The van der Waals surface area contributed by atoms with Gasteiger partial charge in [0, 0.05) is 36.9 Å². The number of ether oxygens (including phenoxy) is 1. The first-order valence-electron chi connectivity index (χ1n) is 7.72. The van der Waals surface area contributed by atoms with Crippen molar-refractivity contribution in [1.82, 2.24) is 10.2 Å². The van der Waals surface area contributed by atoms with Crippen LogP contribution in [0.5, 0.6) is 0 Å². The molecule has 1 aliphatic carbocycles. The summed E-state index contributed by atoms with van der Waals surface area (Å²) in [6.45, 7) is 1.64. The Hall–Kier alpha value is -1.75. The Bertz CT molecular complexity index is 577. The number of nitrogens with one attached hydrogen (secondary N) is 1. The van der Waals surface area contributed by atoms with Gasteiger partial charge in [-0.1, -0.05) is 12.2 Å². The van der Waals surface area contributed by atoms with Crippen molar-refractivity contribution in [3.63, 3.8) is 0 Å². The third kappa shape index (κ3) is 1.77. The molecule has 110 valence electrons. The van der Waals surface area contributed by atoms with Crippen LogP contribution in [0.4, 0.5) is 4.79 Å². The van der Waals surface area contributed by atoms with Gasteiger partial charge in [0.25, 0.3) is 0 Å². The van der Waals surface area contributed by atoms with Crippen LogP contribution >= 0.6 is 0 Å². The molecule has 5 heteroatoms. The van der Waals surface area contributed by atoms with Crippen LogP contribution < -0.4 is 5.32 Å². The van der Waals surface area contributed by atoms with Gasteiger partial charge in [-0.3, -0.25) is 0 Å². The van der Waals surface area contributed by atoms with E-state index in [9.17, 15) is 4.79 Å². The van der Waals surface area contributed by atoms with Gasteiger partial charge in [0.2, 0.25) is 0 Å². The van der Waals surface area contributed by atoms with E-state index in [0.29, 0.717) is 17.8 Å². The van der Waals surface area contributed by atoms with Crippen molar-refractivity contribution in [3.05, 3.63) is 36.3 Å². The first-order chi connectivity index (χ1) is 10.3. The van der Waals surface area contributed by atoms with E-state index in [1.54, 1.807) is 6.26 Å². The Kier molecular flexibility index (Phi) is 2.33. The van der Waals surface area contributed by atoms with Crippen LogP contribution in [0.3, 0.4) is 0 Å². The normalized spacial score (nSPS) is 42.4. The van der Waals surface area contributed by atoms with E-state index in [0.717, 1.165) is 25.3 Å². The maximum atomic E-state index is 12.4. The molecule has 21 heavy (non-hydrogen) atoms. The molecule has 0 radical (unpaired) electrons. The zero-order valence-electron chi connectivity index (χ0n) is 11.6. The Labute approximate surface area is 122 Å². The van der Waals surface area contributed by atoms with Gasteiger partial charge >= 0.3 is 6.03 Å². The summed E-state index contributed by atoms with van der Waals surface area (Å²) in [5.74, 6) is 2.32. The number of hydrogen-bond acceptors (Lipinski definition) is 3. The van der Waals surface area contributed by atoms with Crippen molar-refractivity contribution in [2.75, 3.05) is 13.1 Å². The second-order valence-electron chi connectivity index (χ2n) is 6.60. The predicted molar refractivity (Wildman–Crippen MR) is 74.7 cm³/mol. The number of amides is 2. The summed E-state index contributed by atoms with van der Waals surface area (Å²) in [5, 5.41) is 3.14. The third-order valence-corrected chi connectivity index (χ3v) is 5.36. The fourth-order valence-corrected chi connectivity index (χ4v) is 4.11. The molecule has 1 saturated carbocycles. The average Bonchev–Trinajstić information content (AvgIpc) is 3.03. The number of likely N-dealkylation sites (tertiary alicyclic amines) is 1. The third-order valence-electron chi connectivity index (χ3n) is 5.36. The second kappa shape index (κ2) is 4.13. The highest BCUT2D eigenvalue weighted by Crippen LogP contribution is 2.44. The summed E-state index contributed by atoms with van der Waals surface area (Å²) in [5.41, 5.74) is 0. The van der Waals surface area contributed by atoms with Crippen LogP contribution in [0, 0.1) is 11.8 Å². The fraction of sp³-hybridized carbons (Fsp3) is 0.562. The van der Waals surface area contributed by atoms with Crippen molar-refractivity contribution in [1.29, 1.82) is 0 Å². The van der Waals surface area contributed by atoms with Crippen LogP contribution in [0.25, 0.3) is 0 Å². The molecule has 3 fully saturated rings. The SMILES string of the molecule is O=C(N[C@@H]1C[C@H]1c1ccco1)N1CC2C3C=CC(O3)C2C1. The summed E-state index contributed by atoms with van der Waals surface area (Å²) in [4.78, 5) is 14.4. The van der Waals surface area contributed by atoms with E-state index < -0.39 is 0 Å². The van der Waals surface area contributed by atoms with E-state index in [4.69, 9.17) is 9.15 Å². The van der Waals surface area contributed by atoms with Crippen molar-refractivity contribution < 1.29 is 13.9 Å². The van der Waals surface area contributed by atoms with Gasteiger partial charge in [-0.05, 0) is 18.6 Å². The number of hydrogen-bond donors (Lipinski definition) is 1. The number of rotatable bonds is 2. The van der Waals surface area contributed by atoms with Crippen LogP contribution in [-0.2, 0) is 4.74 Å². The van der Waals surface area contributed by atoms with Crippen LogP contribution in [0.1, 0.15) is 18.1 Å². The lowest BCUT2D eigenvalue weighted by molar-refractivity contribution is 0.0882. The molecule has 2 saturated heterocycles. The molecule has 2 bridgehead atoms. The summed E-state index contributed by atoms with van der Waals surface area (Å²) < 4.78 is 11.2. The van der Waals surface area contributed by atoms with E-state index in [1.807, 2.05) is 17.0 Å². The molecular formula is C16H18N2O3. The number of urea groups is 1. The molecule has 1 N–H and O–H groups in total. The highest BCUT2D eigenvalue weighted by atomic mass is 16.5. The number of nitrogens with zero attached hydrogens (tertiary/aromatic N) is 1. The number of fused-ring (bicyclic) bond motifs is 5. The van der Waals surface area contributed by atoms with E-state index in [2.05, 4.69) is 17.5 Å². The van der Waals surface area contributed by atoms with E-state index in [-0.39, 0.29) is 24.3 Å². The van der Waals surface area contributed by atoms with Crippen molar-refractivity contribution in [3.8, 4) is 0 Å². The van der Waals surface area contributed by atoms with Gasteiger partial charge in [-0.25, -0.2) is 4.79 Å². The molecule has 6 atom stereocenters. The maximum absolute atomic E-state index is 12.4. The first-order valence-corrected chi connectivity index (χ1v) is 7.72. The zero-order chi connectivity index (χ0) is 14.0. The quantitative estimate of drug-likeness (QED) is 0.842. The van der Waals surface area contributed by atoms with Gasteiger partial charge in [0.1, 0.15) is 5.76 Å². The topological polar surface area (TPSA) is 54.7 Å². The molecule has 3 aliphatic heterocycles. The Morgan fingerprint density at radius 1 is 1.24 bits per heavy atom. The lowest BCUT2D eigenvalue weighted by Gasteiger charge is -2.19. The largest absolute Gasteiger partial charge is 0.469 e. The van der Waals surface area contributed by atoms with Gasteiger partial charge in [-0.15, -0.1) is 0 Å². The molecule has 0 aromatic carbocycles. The van der Waals surface area contributed by atoms with Crippen molar-refractivity contribution in [2.45, 2.75) is 30.6 Å². The molecule has 1 aromatic rings. The van der Waals surface area contributed by atoms with Crippen molar-refractivity contribution in [2.24, 2.45) is 11.8 Å². The maximum Gasteiger partial charge on any atom is 0.317 e. The van der Waals surface area contributed by atoms with Gasteiger partial charge < -0.3 is 19.4 Å². The van der Waals surface area contributed by atoms with Crippen LogP contribution in [-0.4, -0.2) is 42.3 Å². The molecule has 2 amide bonds. The Morgan fingerprint density at radius 3 is 2.67 bits per heavy atom. The molecule has 4 unspecified atom stereocenters. The summed E-state index contributed by atoms with van der Waals surface area (Å²) in [7, 11) is 0. The smallest absolute Gasteiger partial charge is 0.317 e. The average molecular weight is 286 g/mol. The highest BCUT2D eigenvalue weighted by Gasteiger charge is 2.52. The highest BCUT2D eigenvalue weighted by molar-refractivity contribution is 5.75. The molecule has 4 heterocycles. The number of furan rings is 1. The Morgan fingerprint density at radius 2 is 2.00 bits per heavy atom. The van der Waals surface area contributed by atoms with Gasteiger partial charge in [0.15, 0.2) is 0 Å². The minimum absolute atomic E-state index is 0.0721. The fourth-order valence-electron chi connectivity index (χ4n) is 4.11. The van der Waals surface area contributed by atoms with Crippen LogP contribution in [0.15, 0.2) is 35.0 Å². The summed E-state index contributed by atoms with van der Waals surface area (Å²) in [6.07, 6.45) is 7.44. The molecular weight excluding hydrogens is 268 g/mol. The zero-order valence-corrected chi connectivity index (χ0v) is 11.6. The standard InChI is InChI=1S/C16H18N2O3/c19-16(17-12-6-9(12)13-2-1-5-20-13)18-7-10-11(8-18)15-4-3-14(10)21-15/h1-5,9-12,14-15H,6-8H2,(H,17,19)/t9-,10?,11?,12-,14?,15?/m1/s1. The minimum Gasteiger partial charge on any atom is -0.469 e. The first kappa shape index (κ1) is 11.9. The minimum atomic E-state index is 0.0721. The van der Waals surface area contributed by atoms with Gasteiger partial charge in [0.05, 0.1) is 18.5 Å².